The van der Waals surface area contributed by atoms with E-state index in [0.717, 1.165) is 35.9 Å². The maximum absolute atomic E-state index is 5.67. The van der Waals surface area contributed by atoms with Gasteiger partial charge in [0.05, 0.1) is 27.4 Å². The van der Waals surface area contributed by atoms with Gasteiger partial charge in [0.1, 0.15) is 5.75 Å². The molecule has 1 aliphatic rings. The summed E-state index contributed by atoms with van der Waals surface area (Å²) in [7, 11) is 4.98. The quantitative estimate of drug-likeness (QED) is 0.818. The Kier molecular flexibility index (Phi) is 5.52. The van der Waals surface area contributed by atoms with Crippen LogP contribution in [0.15, 0.2) is 36.4 Å². The van der Waals surface area contributed by atoms with Crippen molar-refractivity contribution in [3.63, 3.8) is 0 Å². The molecule has 1 heterocycles. The van der Waals surface area contributed by atoms with Crippen LogP contribution in [0.3, 0.4) is 0 Å². The van der Waals surface area contributed by atoms with Crippen LogP contribution in [0, 0.1) is 0 Å². The lowest BCUT2D eigenvalue weighted by Gasteiger charge is -2.37. The summed E-state index contributed by atoms with van der Waals surface area (Å²) in [5.41, 5.74) is 3.40. The third kappa shape index (κ3) is 3.55. The summed E-state index contributed by atoms with van der Waals surface area (Å²) in [4.78, 5) is 2.20. The van der Waals surface area contributed by atoms with E-state index in [9.17, 15) is 0 Å². The van der Waals surface area contributed by atoms with Gasteiger partial charge in [-0.3, -0.25) is 0 Å². The molecule has 0 saturated carbocycles. The summed E-state index contributed by atoms with van der Waals surface area (Å²) in [6.45, 7) is 3.00. The molecule has 1 atom stereocenters. The SMILES string of the molecule is COc1cccc(NC(=S)N2CCc3cc(OC)c(OC)cc3C2C)c1. The number of ether oxygens (including phenoxy) is 3. The zero-order valence-corrected chi connectivity index (χ0v) is 16.4. The smallest absolute Gasteiger partial charge is 0.173 e. The van der Waals surface area contributed by atoms with Crippen molar-refractivity contribution < 1.29 is 14.2 Å². The minimum Gasteiger partial charge on any atom is -0.497 e. The van der Waals surface area contributed by atoms with Crippen LogP contribution in [-0.2, 0) is 6.42 Å². The molecule has 0 bridgehead atoms. The molecule has 1 N–H and O–H groups in total. The van der Waals surface area contributed by atoms with Gasteiger partial charge in [0.2, 0.25) is 0 Å². The normalized spacial score (nSPS) is 15.8. The fourth-order valence-electron chi connectivity index (χ4n) is 3.32. The average Bonchev–Trinajstić information content (AvgIpc) is 2.67. The fraction of sp³-hybridized carbons (Fsp3) is 0.350. The minimum absolute atomic E-state index is 0.143. The van der Waals surface area contributed by atoms with E-state index in [1.54, 1.807) is 21.3 Å². The van der Waals surface area contributed by atoms with Gasteiger partial charge in [-0.2, -0.15) is 0 Å². The second kappa shape index (κ2) is 7.83. The monoisotopic (exact) mass is 372 g/mol. The van der Waals surface area contributed by atoms with Gasteiger partial charge in [0, 0.05) is 18.3 Å². The molecule has 1 unspecified atom stereocenters. The Morgan fingerprint density at radius 2 is 1.81 bits per heavy atom. The molecule has 2 aromatic rings. The second-order valence-electron chi connectivity index (χ2n) is 6.19. The molecule has 26 heavy (non-hydrogen) atoms. The molecule has 6 heteroatoms. The number of nitrogens with one attached hydrogen (secondary N) is 1. The van der Waals surface area contributed by atoms with Crippen LogP contribution in [0.2, 0.25) is 0 Å². The van der Waals surface area contributed by atoms with Crippen molar-refractivity contribution in [2.45, 2.75) is 19.4 Å². The molecule has 2 aromatic carbocycles. The third-order valence-corrected chi connectivity index (χ3v) is 5.10. The second-order valence-corrected chi connectivity index (χ2v) is 6.57. The standard InChI is InChI=1S/C20H24N2O3S/c1-13-17-12-19(25-4)18(24-3)10-14(17)8-9-22(13)20(26)21-15-6-5-7-16(11-15)23-2/h5-7,10-13H,8-9H2,1-4H3,(H,21,26). The Balaban J connectivity index is 1.81. The van der Waals surface area contributed by atoms with Gasteiger partial charge in [-0.15, -0.1) is 0 Å². The zero-order chi connectivity index (χ0) is 18.7. The lowest BCUT2D eigenvalue weighted by atomic mass is 9.93. The molecule has 0 saturated heterocycles. The number of rotatable bonds is 4. The number of benzene rings is 2. The molecule has 3 rings (SSSR count). The van der Waals surface area contributed by atoms with Gasteiger partial charge < -0.3 is 24.4 Å². The van der Waals surface area contributed by atoms with Crippen LogP contribution in [0.5, 0.6) is 17.2 Å². The summed E-state index contributed by atoms with van der Waals surface area (Å²) in [5, 5.41) is 4.02. The molecule has 0 spiro atoms. The first kappa shape index (κ1) is 18.3. The van der Waals surface area contributed by atoms with Gasteiger partial charge in [0.25, 0.3) is 0 Å². The first-order valence-electron chi connectivity index (χ1n) is 8.53. The fourth-order valence-corrected chi connectivity index (χ4v) is 3.69. The molecule has 0 fully saturated rings. The van der Waals surface area contributed by atoms with Crippen LogP contribution < -0.4 is 19.5 Å². The lowest BCUT2D eigenvalue weighted by Crippen LogP contribution is -2.41. The summed E-state index contributed by atoms with van der Waals surface area (Å²) in [5.74, 6) is 2.31. The van der Waals surface area contributed by atoms with Crippen molar-refractivity contribution >= 4 is 23.0 Å². The molecule has 5 nitrogen and oxygen atoms in total. The summed E-state index contributed by atoms with van der Waals surface area (Å²) in [6, 6.07) is 12.0. The first-order valence-corrected chi connectivity index (χ1v) is 8.94. The third-order valence-electron chi connectivity index (χ3n) is 4.77. The van der Waals surface area contributed by atoms with Crippen LogP contribution in [0.1, 0.15) is 24.1 Å². The summed E-state index contributed by atoms with van der Waals surface area (Å²) >= 11 is 5.67. The molecule has 138 valence electrons. The highest BCUT2D eigenvalue weighted by atomic mass is 32.1. The summed E-state index contributed by atoms with van der Waals surface area (Å²) in [6.07, 6.45) is 0.903. The van der Waals surface area contributed by atoms with E-state index < -0.39 is 0 Å². The van der Waals surface area contributed by atoms with E-state index in [1.165, 1.54) is 11.1 Å². The van der Waals surface area contributed by atoms with Gasteiger partial charge in [0.15, 0.2) is 16.6 Å². The molecular weight excluding hydrogens is 348 g/mol. The largest absolute Gasteiger partial charge is 0.497 e. The van der Waals surface area contributed by atoms with Gasteiger partial charge in [-0.1, -0.05) is 6.07 Å². The van der Waals surface area contributed by atoms with Gasteiger partial charge in [-0.05, 0) is 61.0 Å². The Morgan fingerprint density at radius 3 is 2.50 bits per heavy atom. The highest BCUT2D eigenvalue weighted by Gasteiger charge is 2.27. The van der Waals surface area contributed by atoms with E-state index in [4.69, 9.17) is 26.4 Å². The van der Waals surface area contributed by atoms with Crippen LogP contribution >= 0.6 is 12.2 Å². The van der Waals surface area contributed by atoms with Crippen molar-refractivity contribution in [3.05, 3.63) is 47.5 Å². The summed E-state index contributed by atoms with van der Waals surface area (Å²) < 4.78 is 16.2. The van der Waals surface area contributed by atoms with Gasteiger partial charge in [-0.25, -0.2) is 0 Å². The van der Waals surface area contributed by atoms with E-state index in [2.05, 4.69) is 29.3 Å². The molecule has 0 amide bonds. The predicted octanol–water partition coefficient (Wildman–Crippen LogP) is 4.03. The van der Waals surface area contributed by atoms with Crippen LogP contribution in [0.25, 0.3) is 0 Å². The predicted molar refractivity (Wildman–Crippen MR) is 108 cm³/mol. The highest BCUT2D eigenvalue weighted by molar-refractivity contribution is 7.80. The van der Waals surface area contributed by atoms with E-state index >= 15 is 0 Å². The number of thiocarbonyl (C=S) groups is 1. The Bertz CT molecular complexity index is 810. The first-order chi connectivity index (χ1) is 12.6. The maximum Gasteiger partial charge on any atom is 0.173 e. The van der Waals surface area contributed by atoms with E-state index in [0.29, 0.717) is 5.11 Å². The van der Waals surface area contributed by atoms with E-state index in [-0.39, 0.29) is 6.04 Å². The van der Waals surface area contributed by atoms with E-state index in [1.807, 2.05) is 24.3 Å². The number of hydrogen-bond acceptors (Lipinski definition) is 4. The van der Waals surface area contributed by atoms with Gasteiger partial charge >= 0.3 is 0 Å². The molecule has 0 radical (unpaired) electrons. The lowest BCUT2D eigenvalue weighted by molar-refractivity contribution is 0.316. The molecule has 1 aliphatic heterocycles. The molecule has 0 aromatic heterocycles. The van der Waals surface area contributed by atoms with Crippen molar-refractivity contribution in [1.29, 1.82) is 0 Å². The minimum atomic E-state index is 0.143. The van der Waals surface area contributed by atoms with Crippen molar-refractivity contribution in [1.82, 2.24) is 4.90 Å². The highest BCUT2D eigenvalue weighted by Crippen LogP contribution is 2.38. The molecule has 0 aliphatic carbocycles. The van der Waals surface area contributed by atoms with Crippen molar-refractivity contribution in [2.24, 2.45) is 0 Å². The molecular formula is C20H24N2O3S. The Hall–Kier alpha value is -2.47. The number of anilines is 1. The maximum atomic E-state index is 5.67. The van der Waals surface area contributed by atoms with Crippen LogP contribution in [0.4, 0.5) is 5.69 Å². The van der Waals surface area contributed by atoms with Crippen molar-refractivity contribution in [3.8, 4) is 17.2 Å². The topological polar surface area (TPSA) is 43.0 Å². The number of methoxy groups -OCH3 is 3. The number of nitrogens with zero attached hydrogens (tertiary/aromatic N) is 1. The average molecular weight is 372 g/mol. The Morgan fingerprint density at radius 1 is 1.08 bits per heavy atom. The van der Waals surface area contributed by atoms with Crippen LogP contribution in [-0.4, -0.2) is 37.9 Å². The number of hydrogen-bond donors (Lipinski definition) is 1. The van der Waals surface area contributed by atoms with Crippen molar-refractivity contribution in [2.75, 3.05) is 33.2 Å². The Labute approximate surface area is 159 Å². The number of fused-ring (bicyclic) bond motifs is 1. The zero-order valence-electron chi connectivity index (χ0n) is 15.5.